The second-order valence-corrected chi connectivity index (χ2v) is 7.73. The number of halogens is 2. The van der Waals surface area contributed by atoms with Crippen molar-refractivity contribution >= 4 is 34.4 Å². The summed E-state index contributed by atoms with van der Waals surface area (Å²) in [5.74, 6) is -0.778. The van der Waals surface area contributed by atoms with Gasteiger partial charge in [-0.05, 0) is 42.8 Å². The first-order chi connectivity index (χ1) is 14.5. The molecule has 0 unspecified atom stereocenters. The van der Waals surface area contributed by atoms with Gasteiger partial charge in [-0.1, -0.05) is 17.7 Å². The van der Waals surface area contributed by atoms with E-state index in [1.807, 2.05) is 18.2 Å². The number of nitrogens with one attached hydrogen (secondary N) is 3. The summed E-state index contributed by atoms with van der Waals surface area (Å²) >= 11 is 6.13. The van der Waals surface area contributed by atoms with Crippen LogP contribution in [-0.2, 0) is 13.0 Å². The maximum Gasteiger partial charge on any atom is 0.317 e. The highest BCUT2D eigenvalue weighted by Gasteiger charge is 2.23. The SMILES string of the molecule is O=C(NCCCNC(=O)N1CCc2[nH]c3ccc(Cl)cc3c2C1)c1cccc(F)c1. The molecule has 2 aromatic carbocycles. The minimum absolute atomic E-state index is 0.131. The van der Waals surface area contributed by atoms with Crippen LogP contribution < -0.4 is 10.6 Å². The predicted octanol–water partition coefficient (Wildman–Crippen LogP) is 3.85. The zero-order chi connectivity index (χ0) is 21.1. The molecule has 1 aromatic heterocycles. The van der Waals surface area contributed by atoms with Crippen LogP contribution in [0.1, 0.15) is 28.0 Å². The van der Waals surface area contributed by atoms with Gasteiger partial charge in [-0.3, -0.25) is 4.79 Å². The van der Waals surface area contributed by atoms with E-state index in [1.165, 1.54) is 18.2 Å². The number of benzene rings is 2. The van der Waals surface area contributed by atoms with Gasteiger partial charge in [0.05, 0.1) is 0 Å². The van der Waals surface area contributed by atoms with E-state index in [9.17, 15) is 14.0 Å². The third kappa shape index (κ3) is 4.41. The lowest BCUT2D eigenvalue weighted by molar-refractivity contribution is 0.0953. The van der Waals surface area contributed by atoms with Crippen LogP contribution in [0.3, 0.4) is 0 Å². The fourth-order valence-corrected chi connectivity index (χ4v) is 3.86. The van der Waals surface area contributed by atoms with Crippen LogP contribution in [0.4, 0.5) is 9.18 Å². The minimum Gasteiger partial charge on any atom is -0.358 e. The molecule has 0 spiro atoms. The molecule has 0 bridgehead atoms. The predicted molar refractivity (Wildman–Crippen MR) is 114 cm³/mol. The third-order valence-electron chi connectivity index (χ3n) is 5.23. The molecule has 0 saturated heterocycles. The number of H-pyrrole nitrogens is 1. The van der Waals surface area contributed by atoms with Crippen molar-refractivity contribution in [3.63, 3.8) is 0 Å². The molecule has 0 radical (unpaired) electrons. The standard InChI is InChI=1S/C22H22ClFN4O2/c23-15-5-6-19-17(12-15)18-13-28(10-7-20(18)27-19)22(30)26-9-2-8-25-21(29)14-3-1-4-16(24)11-14/h1,3-6,11-12,27H,2,7-10,13H2,(H,25,29)(H,26,30). The Morgan fingerprint density at radius 2 is 1.97 bits per heavy atom. The number of hydrogen-bond donors (Lipinski definition) is 3. The lowest BCUT2D eigenvalue weighted by atomic mass is 10.0. The van der Waals surface area contributed by atoms with Crippen LogP contribution in [0.25, 0.3) is 10.9 Å². The highest BCUT2D eigenvalue weighted by molar-refractivity contribution is 6.31. The van der Waals surface area contributed by atoms with Gasteiger partial charge in [0.1, 0.15) is 5.82 Å². The van der Waals surface area contributed by atoms with Crippen molar-refractivity contribution in [2.75, 3.05) is 19.6 Å². The van der Waals surface area contributed by atoms with Gasteiger partial charge in [0.15, 0.2) is 0 Å². The summed E-state index contributed by atoms with van der Waals surface area (Å²) < 4.78 is 13.2. The van der Waals surface area contributed by atoms with Crippen LogP contribution in [-0.4, -0.2) is 41.5 Å². The van der Waals surface area contributed by atoms with Gasteiger partial charge in [0, 0.05) is 65.3 Å². The summed E-state index contributed by atoms with van der Waals surface area (Å²) in [6.45, 7) is 1.99. The number of hydrogen-bond acceptors (Lipinski definition) is 2. The summed E-state index contributed by atoms with van der Waals surface area (Å²) in [4.78, 5) is 29.7. The number of amides is 3. The monoisotopic (exact) mass is 428 g/mol. The number of carbonyl (C=O) groups excluding carboxylic acids is 2. The number of aromatic nitrogens is 1. The summed E-state index contributed by atoms with van der Waals surface area (Å²) in [7, 11) is 0. The smallest absolute Gasteiger partial charge is 0.317 e. The summed E-state index contributed by atoms with van der Waals surface area (Å²) in [5.41, 5.74) is 3.57. The Bertz CT molecular complexity index is 1100. The lowest BCUT2D eigenvalue weighted by Crippen LogP contribution is -2.43. The van der Waals surface area contributed by atoms with Gasteiger partial charge < -0.3 is 20.5 Å². The number of aromatic amines is 1. The molecule has 2 heterocycles. The molecule has 0 aliphatic carbocycles. The largest absolute Gasteiger partial charge is 0.358 e. The molecule has 6 nitrogen and oxygen atoms in total. The van der Waals surface area contributed by atoms with Crippen LogP contribution in [0.2, 0.25) is 5.02 Å². The van der Waals surface area contributed by atoms with Crippen molar-refractivity contribution in [2.24, 2.45) is 0 Å². The molecule has 0 atom stereocenters. The molecule has 156 valence electrons. The first-order valence-electron chi connectivity index (χ1n) is 9.87. The Hall–Kier alpha value is -3.06. The number of nitrogens with zero attached hydrogens (tertiary/aromatic N) is 1. The molecule has 3 N–H and O–H groups in total. The lowest BCUT2D eigenvalue weighted by Gasteiger charge is -2.27. The normalized spacial score (nSPS) is 13.2. The van der Waals surface area contributed by atoms with Gasteiger partial charge in [0.25, 0.3) is 5.91 Å². The van der Waals surface area contributed by atoms with E-state index < -0.39 is 5.82 Å². The van der Waals surface area contributed by atoms with Gasteiger partial charge in [0.2, 0.25) is 0 Å². The van der Waals surface area contributed by atoms with Crippen molar-refractivity contribution < 1.29 is 14.0 Å². The molecule has 30 heavy (non-hydrogen) atoms. The second kappa shape index (κ2) is 8.75. The molecule has 3 aromatic rings. The minimum atomic E-state index is -0.447. The molecule has 1 aliphatic heterocycles. The zero-order valence-corrected chi connectivity index (χ0v) is 17.1. The molecule has 3 amide bonds. The summed E-state index contributed by atoms with van der Waals surface area (Å²) in [6, 6.07) is 11.1. The average Bonchev–Trinajstić information content (AvgIpc) is 3.10. The van der Waals surface area contributed by atoms with E-state index in [-0.39, 0.29) is 17.5 Å². The highest BCUT2D eigenvalue weighted by Crippen LogP contribution is 2.29. The van der Waals surface area contributed by atoms with Crippen LogP contribution >= 0.6 is 11.6 Å². The maximum atomic E-state index is 13.2. The molecule has 4 rings (SSSR count). The molecule has 8 heteroatoms. The first-order valence-corrected chi connectivity index (χ1v) is 10.2. The molecule has 0 fully saturated rings. The average molecular weight is 429 g/mol. The fourth-order valence-electron chi connectivity index (χ4n) is 3.69. The summed E-state index contributed by atoms with van der Waals surface area (Å²) in [6.07, 6.45) is 1.34. The van der Waals surface area contributed by atoms with Gasteiger partial charge in [-0.15, -0.1) is 0 Å². The van der Waals surface area contributed by atoms with Crippen molar-refractivity contribution in [2.45, 2.75) is 19.4 Å². The highest BCUT2D eigenvalue weighted by atomic mass is 35.5. The van der Waals surface area contributed by atoms with E-state index in [0.717, 1.165) is 28.6 Å². The number of rotatable bonds is 5. The maximum absolute atomic E-state index is 13.2. The zero-order valence-electron chi connectivity index (χ0n) is 16.3. The number of carbonyl (C=O) groups is 2. The Morgan fingerprint density at radius 3 is 2.80 bits per heavy atom. The summed E-state index contributed by atoms with van der Waals surface area (Å²) in [5, 5.41) is 7.35. The molecule has 1 aliphatic rings. The fraction of sp³-hybridized carbons (Fsp3) is 0.273. The molecular weight excluding hydrogens is 407 g/mol. The number of urea groups is 1. The van der Waals surface area contributed by atoms with Crippen molar-refractivity contribution in [1.82, 2.24) is 20.5 Å². The van der Waals surface area contributed by atoms with E-state index in [0.29, 0.717) is 37.6 Å². The second-order valence-electron chi connectivity index (χ2n) is 7.30. The van der Waals surface area contributed by atoms with Crippen molar-refractivity contribution in [3.05, 3.63) is 70.1 Å². The molecule has 0 saturated carbocycles. The quantitative estimate of drug-likeness (QED) is 0.540. The Kier molecular flexibility index (Phi) is 5.90. The van der Waals surface area contributed by atoms with Crippen LogP contribution in [0.15, 0.2) is 42.5 Å². The first kappa shape index (κ1) is 20.2. The molecular formula is C22H22ClFN4O2. The van der Waals surface area contributed by atoms with Gasteiger partial charge in [-0.2, -0.15) is 0 Å². The van der Waals surface area contributed by atoms with E-state index in [1.54, 1.807) is 11.0 Å². The van der Waals surface area contributed by atoms with Crippen LogP contribution in [0.5, 0.6) is 0 Å². The van der Waals surface area contributed by atoms with Crippen molar-refractivity contribution in [1.29, 1.82) is 0 Å². The van der Waals surface area contributed by atoms with E-state index in [2.05, 4.69) is 15.6 Å². The number of fused-ring (bicyclic) bond motifs is 3. The Morgan fingerprint density at radius 1 is 1.13 bits per heavy atom. The van der Waals surface area contributed by atoms with Crippen LogP contribution in [0, 0.1) is 5.82 Å². The van der Waals surface area contributed by atoms with E-state index >= 15 is 0 Å². The topological polar surface area (TPSA) is 77.2 Å². The van der Waals surface area contributed by atoms with Crippen molar-refractivity contribution in [3.8, 4) is 0 Å². The Labute approximate surface area is 178 Å². The van der Waals surface area contributed by atoms with Gasteiger partial charge in [-0.25, -0.2) is 9.18 Å². The van der Waals surface area contributed by atoms with Gasteiger partial charge >= 0.3 is 6.03 Å². The van der Waals surface area contributed by atoms with E-state index in [4.69, 9.17) is 11.6 Å². The Balaban J connectivity index is 1.25. The third-order valence-corrected chi connectivity index (χ3v) is 5.46.